The number of nitrogens with zero attached hydrogens (tertiary/aromatic N) is 1. The minimum Gasteiger partial charge on any atom is -0.324 e. The molecule has 0 saturated carbocycles. The van der Waals surface area contributed by atoms with E-state index in [0.717, 1.165) is 28.3 Å². The summed E-state index contributed by atoms with van der Waals surface area (Å²) in [5.74, 6) is 5.20. The Labute approximate surface area is 111 Å². The summed E-state index contributed by atoms with van der Waals surface area (Å²) in [6.07, 6.45) is 0. The molecule has 0 aliphatic rings. The van der Waals surface area contributed by atoms with Gasteiger partial charge in [-0.05, 0) is 44.5 Å². The number of nitrogens with two attached hydrogens (primary N) is 1. The number of nitrogens with one attached hydrogen (secondary N) is 3. The van der Waals surface area contributed by atoms with E-state index in [0.29, 0.717) is 5.56 Å². The first kappa shape index (κ1) is 13.1. The van der Waals surface area contributed by atoms with Crippen molar-refractivity contribution in [3.8, 4) is 0 Å². The van der Waals surface area contributed by atoms with Gasteiger partial charge in [-0.1, -0.05) is 0 Å². The molecule has 0 aliphatic carbocycles. The van der Waals surface area contributed by atoms with Crippen molar-refractivity contribution in [2.75, 3.05) is 10.7 Å². The Hall–Kier alpha value is -2.34. The number of carbonyl (C=O) groups is 1. The van der Waals surface area contributed by atoms with Crippen molar-refractivity contribution in [1.82, 2.24) is 10.2 Å². The summed E-state index contributed by atoms with van der Waals surface area (Å²) in [6.45, 7) is 5.59. The zero-order valence-corrected chi connectivity index (χ0v) is 11.2. The van der Waals surface area contributed by atoms with E-state index in [1.54, 1.807) is 18.2 Å². The monoisotopic (exact) mass is 259 g/mol. The van der Waals surface area contributed by atoms with Crippen molar-refractivity contribution in [1.29, 1.82) is 0 Å². The van der Waals surface area contributed by atoms with Crippen molar-refractivity contribution in [3.05, 3.63) is 40.7 Å². The summed E-state index contributed by atoms with van der Waals surface area (Å²) >= 11 is 0. The highest BCUT2D eigenvalue weighted by Gasteiger charge is 2.12. The molecule has 0 aliphatic heterocycles. The van der Waals surface area contributed by atoms with E-state index in [9.17, 15) is 4.79 Å². The third-order valence-electron chi connectivity index (χ3n) is 3.01. The number of nitrogen functional groups attached to an aromatic ring is 1. The van der Waals surface area contributed by atoms with Gasteiger partial charge < -0.3 is 10.7 Å². The van der Waals surface area contributed by atoms with Crippen LogP contribution in [0.1, 0.15) is 27.3 Å². The number of benzene rings is 1. The van der Waals surface area contributed by atoms with Gasteiger partial charge in [0, 0.05) is 5.56 Å². The first-order chi connectivity index (χ1) is 9.02. The highest BCUT2D eigenvalue weighted by atomic mass is 16.1. The van der Waals surface area contributed by atoms with Gasteiger partial charge in [-0.15, -0.1) is 0 Å². The van der Waals surface area contributed by atoms with Crippen LogP contribution in [-0.4, -0.2) is 16.1 Å². The molecule has 5 N–H and O–H groups in total. The fourth-order valence-corrected chi connectivity index (χ4v) is 1.89. The average molecular weight is 259 g/mol. The molecule has 1 heterocycles. The van der Waals surface area contributed by atoms with Gasteiger partial charge in [0.05, 0.1) is 22.8 Å². The predicted octanol–water partition coefficient (Wildman–Crippen LogP) is 1.87. The van der Waals surface area contributed by atoms with Crippen molar-refractivity contribution in [2.45, 2.75) is 20.8 Å². The number of aromatic nitrogens is 2. The third kappa shape index (κ3) is 2.58. The maximum atomic E-state index is 12.2. The number of anilines is 2. The van der Waals surface area contributed by atoms with E-state index in [-0.39, 0.29) is 5.91 Å². The first-order valence-electron chi connectivity index (χ1n) is 5.93. The minimum absolute atomic E-state index is 0.167. The molecule has 0 unspecified atom stereocenters. The number of carbonyl (C=O) groups excluding carboxylic acids is 1. The highest BCUT2D eigenvalue weighted by molar-refractivity contribution is 6.05. The standard InChI is InChI=1S/C13H17N5O/c1-7-6-10(4-5-11(7)16-14)13(19)15-12-8(2)17-18-9(12)3/h4-6,16H,14H2,1-3H3,(H,15,19)(H,17,18). The van der Waals surface area contributed by atoms with Gasteiger partial charge in [-0.2, -0.15) is 5.10 Å². The molecule has 1 aromatic carbocycles. The predicted molar refractivity (Wildman–Crippen MR) is 75.0 cm³/mol. The van der Waals surface area contributed by atoms with Gasteiger partial charge >= 0.3 is 0 Å². The zero-order valence-electron chi connectivity index (χ0n) is 11.2. The summed E-state index contributed by atoms with van der Waals surface area (Å²) in [4.78, 5) is 12.2. The lowest BCUT2D eigenvalue weighted by Crippen LogP contribution is -2.14. The molecule has 1 aromatic heterocycles. The molecule has 1 amide bonds. The van der Waals surface area contributed by atoms with Crippen LogP contribution in [0.15, 0.2) is 18.2 Å². The van der Waals surface area contributed by atoms with E-state index >= 15 is 0 Å². The van der Waals surface area contributed by atoms with Crippen LogP contribution in [0.4, 0.5) is 11.4 Å². The normalized spacial score (nSPS) is 10.3. The molecule has 0 fully saturated rings. The van der Waals surface area contributed by atoms with E-state index in [4.69, 9.17) is 5.84 Å². The summed E-state index contributed by atoms with van der Waals surface area (Å²) in [5, 5.41) is 9.73. The first-order valence-corrected chi connectivity index (χ1v) is 5.93. The lowest BCUT2D eigenvalue weighted by molar-refractivity contribution is 0.102. The maximum absolute atomic E-state index is 12.2. The molecule has 2 rings (SSSR count). The number of rotatable bonds is 3. The largest absolute Gasteiger partial charge is 0.324 e. The van der Waals surface area contributed by atoms with E-state index in [2.05, 4.69) is 20.9 Å². The van der Waals surface area contributed by atoms with Gasteiger partial charge in [0.15, 0.2) is 0 Å². The Bertz CT molecular complexity index is 598. The molecular formula is C13H17N5O. The van der Waals surface area contributed by atoms with Crippen LogP contribution in [0.25, 0.3) is 0 Å². The second-order valence-electron chi connectivity index (χ2n) is 4.44. The van der Waals surface area contributed by atoms with Gasteiger partial charge in [0.1, 0.15) is 0 Å². The number of aromatic amines is 1. The maximum Gasteiger partial charge on any atom is 0.255 e. The molecule has 0 spiro atoms. The van der Waals surface area contributed by atoms with Gasteiger partial charge in [-0.25, -0.2) is 0 Å². The van der Waals surface area contributed by atoms with Gasteiger partial charge in [0.2, 0.25) is 0 Å². The Morgan fingerprint density at radius 1 is 1.32 bits per heavy atom. The average Bonchev–Trinajstić information content (AvgIpc) is 2.70. The topological polar surface area (TPSA) is 95.8 Å². The smallest absolute Gasteiger partial charge is 0.255 e. The fraction of sp³-hybridized carbons (Fsp3) is 0.231. The minimum atomic E-state index is -0.167. The van der Waals surface area contributed by atoms with Crippen molar-refractivity contribution in [3.63, 3.8) is 0 Å². The zero-order chi connectivity index (χ0) is 14.0. The molecular weight excluding hydrogens is 242 g/mol. The molecule has 19 heavy (non-hydrogen) atoms. The highest BCUT2D eigenvalue weighted by Crippen LogP contribution is 2.19. The Balaban J connectivity index is 2.23. The Morgan fingerprint density at radius 2 is 2.05 bits per heavy atom. The molecule has 0 saturated heterocycles. The summed E-state index contributed by atoms with van der Waals surface area (Å²) in [5.41, 5.74) is 7.20. The molecule has 0 radical (unpaired) electrons. The lowest BCUT2D eigenvalue weighted by Gasteiger charge is -2.08. The van der Waals surface area contributed by atoms with Crippen LogP contribution >= 0.6 is 0 Å². The molecule has 6 nitrogen and oxygen atoms in total. The van der Waals surface area contributed by atoms with Crippen LogP contribution in [0.2, 0.25) is 0 Å². The van der Waals surface area contributed by atoms with Crippen LogP contribution in [-0.2, 0) is 0 Å². The molecule has 100 valence electrons. The number of aryl methyl sites for hydroxylation is 3. The molecule has 0 atom stereocenters. The van der Waals surface area contributed by atoms with Crippen LogP contribution in [0.5, 0.6) is 0 Å². The fourth-order valence-electron chi connectivity index (χ4n) is 1.89. The van der Waals surface area contributed by atoms with Gasteiger partial charge in [-0.3, -0.25) is 15.7 Å². The second-order valence-corrected chi connectivity index (χ2v) is 4.44. The van der Waals surface area contributed by atoms with E-state index in [1.807, 2.05) is 20.8 Å². The SMILES string of the molecule is Cc1cc(C(=O)Nc2c(C)n[nH]c2C)ccc1NN. The molecule has 6 heteroatoms. The van der Waals surface area contributed by atoms with E-state index in [1.165, 1.54) is 0 Å². The van der Waals surface area contributed by atoms with Crippen molar-refractivity contribution in [2.24, 2.45) is 5.84 Å². The van der Waals surface area contributed by atoms with Crippen molar-refractivity contribution >= 4 is 17.3 Å². The van der Waals surface area contributed by atoms with Crippen LogP contribution in [0.3, 0.4) is 0 Å². The summed E-state index contributed by atoms with van der Waals surface area (Å²) in [7, 11) is 0. The number of hydrogen-bond donors (Lipinski definition) is 4. The lowest BCUT2D eigenvalue weighted by atomic mass is 10.1. The second kappa shape index (κ2) is 5.11. The summed E-state index contributed by atoms with van der Waals surface area (Å²) < 4.78 is 0. The Kier molecular flexibility index (Phi) is 3.52. The molecule has 0 bridgehead atoms. The van der Waals surface area contributed by atoms with Crippen molar-refractivity contribution < 1.29 is 4.79 Å². The number of amides is 1. The number of H-pyrrole nitrogens is 1. The third-order valence-corrected chi connectivity index (χ3v) is 3.01. The molecule has 2 aromatic rings. The van der Waals surface area contributed by atoms with E-state index < -0.39 is 0 Å². The van der Waals surface area contributed by atoms with Crippen LogP contribution < -0.4 is 16.6 Å². The Morgan fingerprint density at radius 3 is 2.58 bits per heavy atom. The van der Waals surface area contributed by atoms with Crippen LogP contribution in [0, 0.1) is 20.8 Å². The quantitative estimate of drug-likeness (QED) is 0.500. The van der Waals surface area contributed by atoms with Gasteiger partial charge in [0.25, 0.3) is 5.91 Å². The number of hydrogen-bond acceptors (Lipinski definition) is 4. The number of hydrazine groups is 1. The summed E-state index contributed by atoms with van der Waals surface area (Å²) in [6, 6.07) is 5.29.